The first-order valence-corrected chi connectivity index (χ1v) is 11.2. The number of hydrogen-bond donors (Lipinski definition) is 1. The van der Waals surface area contributed by atoms with E-state index in [2.05, 4.69) is 35.2 Å². The van der Waals surface area contributed by atoms with Crippen molar-refractivity contribution in [1.82, 2.24) is 14.8 Å². The van der Waals surface area contributed by atoms with E-state index in [0.29, 0.717) is 5.56 Å². The Kier molecular flexibility index (Phi) is 5.35. The highest BCUT2D eigenvalue weighted by Gasteiger charge is 2.21. The molecule has 6 heteroatoms. The summed E-state index contributed by atoms with van der Waals surface area (Å²) in [6, 6.07) is 20.0. The van der Waals surface area contributed by atoms with Crippen LogP contribution in [0.4, 0.5) is 11.4 Å². The van der Waals surface area contributed by atoms with Crippen molar-refractivity contribution in [3.8, 4) is 11.3 Å². The number of carbonyl (C=O) groups excluding carboxylic acids is 1. The lowest BCUT2D eigenvalue weighted by Gasteiger charge is -2.21. The van der Waals surface area contributed by atoms with Crippen LogP contribution in [0.2, 0.25) is 0 Å². The number of nitrogens with zero attached hydrogens (tertiary/aromatic N) is 4. The van der Waals surface area contributed by atoms with Gasteiger partial charge < -0.3 is 10.2 Å². The van der Waals surface area contributed by atoms with Crippen LogP contribution in [0.5, 0.6) is 0 Å². The monoisotopic (exact) mass is 425 g/mol. The minimum absolute atomic E-state index is 0.137. The molecule has 0 aliphatic carbocycles. The molecule has 1 aliphatic rings. The maximum Gasteiger partial charge on any atom is 0.256 e. The Morgan fingerprint density at radius 2 is 1.72 bits per heavy atom. The lowest BCUT2D eigenvalue weighted by atomic mass is 10.1. The third-order valence-corrected chi connectivity index (χ3v) is 5.97. The Balaban J connectivity index is 1.59. The van der Waals surface area contributed by atoms with Crippen LogP contribution in [0.1, 0.15) is 43.1 Å². The second kappa shape index (κ2) is 8.46. The van der Waals surface area contributed by atoms with Gasteiger partial charge in [0.1, 0.15) is 0 Å². The number of aromatic nitrogens is 3. The van der Waals surface area contributed by atoms with Crippen LogP contribution in [0, 0.1) is 0 Å². The van der Waals surface area contributed by atoms with Crippen molar-refractivity contribution in [2.45, 2.75) is 32.7 Å². The van der Waals surface area contributed by atoms with E-state index in [0.717, 1.165) is 46.8 Å². The van der Waals surface area contributed by atoms with Gasteiger partial charge in [0, 0.05) is 24.7 Å². The maximum atomic E-state index is 13.6. The first kappa shape index (κ1) is 20.2. The fraction of sp³-hybridized carbons (Fsp3) is 0.269. The van der Waals surface area contributed by atoms with Gasteiger partial charge in [0.2, 0.25) is 0 Å². The van der Waals surface area contributed by atoms with Crippen molar-refractivity contribution in [2.75, 3.05) is 23.3 Å². The average molecular weight is 426 g/mol. The first-order valence-electron chi connectivity index (χ1n) is 11.2. The van der Waals surface area contributed by atoms with Crippen molar-refractivity contribution >= 4 is 28.3 Å². The highest BCUT2D eigenvalue weighted by molar-refractivity contribution is 6.13. The first-order chi connectivity index (χ1) is 15.6. The van der Waals surface area contributed by atoms with Gasteiger partial charge in [-0.25, -0.2) is 9.67 Å². The van der Waals surface area contributed by atoms with Gasteiger partial charge >= 0.3 is 0 Å². The number of fused-ring (bicyclic) bond motifs is 1. The van der Waals surface area contributed by atoms with Gasteiger partial charge in [-0.15, -0.1) is 0 Å². The number of para-hydroxylation sites is 2. The zero-order chi connectivity index (χ0) is 22.1. The smallest absolute Gasteiger partial charge is 0.256 e. The summed E-state index contributed by atoms with van der Waals surface area (Å²) in [6.07, 6.45) is 4.11. The van der Waals surface area contributed by atoms with Crippen LogP contribution in [0.25, 0.3) is 22.3 Å². The molecule has 4 aromatic rings. The van der Waals surface area contributed by atoms with Crippen molar-refractivity contribution in [2.24, 2.45) is 0 Å². The topological polar surface area (TPSA) is 63.1 Å². The Labute approximate surface area is 187 Å². The molecule has 0 unspecified atom stereocenters. The predicted molar refractivity (Wildman–Crippen MR) is 129 cm³/mol. The van der Waals surface area contributed by atoms with E-state index in [4.69, 9.17) is 4.98 Å². The molecular formula is C26H27N5O. The van der Waals surface area contributed by atoms with Crippen LogP contribution in [-0.2, 0) is 0 Å². The minimum atomic E-state index is -0.149. The Morgan fingerprint density at radius 3 is 2.47 bits per heavy atom. The molecule has 1 N–H and O–H groups in total. The molecular weight excluding hydrogens is 398 g/mol. The fourth-order valence-electron chi connectivity index (χ4n) is 4.34. The summed E-state index contributed by atoms with van der Waals surface area (Å²) < 4.78 is 1.87. The molecule has 162 valence electrons. The number of amides is 1. The molecule has 1 amide bonds. The summed E-state index contributed by atoms with van der Waals surface area (Å²) in [5, 5.41) is 8.45. The van der Waals surface area contributed by atoms with Gasteiger partial charge in [0.25, 0.3) is 5.91 Å². The molecule has 2 aromatic carbocycles. The van der Waals surface area contributed by atoms with E-state index in [1.54, 1.807) is 6.20 Å². The zero-order valence-electron chi connectivity index (χ0n) is 18.5. The molecule has 2 aromatic heterocycles. The standard InChI is InChI=1S/C26H27N5O/c1-18(2)31-25-21(17-27-31)20(16-23(28-25)19-10-4-3-5-11-19)26(32)29-22-12-6-7-13-24(22)30-14-8-9-15-30/h3-7,10-13,16-18H,8-9,14-15H2,1-2H3,(H,29,32). The SMILES string of the molecule is CC(C)n1ncc2c(C(=O)Nc3ccccc3N3CCCC3)cc(-c3ccccc3)nc21. The van der Waals surface area contributed by atoms with E-state index < -0.39 is 0 Å². The quantitative estimate of drug-likeness (QED) is 0.457. The van der Waals surface area contributed by atoms with E-state index in [9.17, 15) is 4.79 Å². The molecule has 0 bridgehead atoms. The molecule has 32 heavy (non-hydrogen) atoms. The number of hydrogen-bond acceptors (Lipinski definition) is 4. The van der Waals surface area contributed by atoms with Gasteiger partial charge in [-0.05, 0) is 44.9 Å². The predicted octanol–water partition coefficient (Wildman–Crippen LogP) is 5.53. The van der Waals surface area contributed by atoms with Crippen molar-refractivity contribution in [3.63, 3.8) is 0 Å². The summed E-state index contributed by atoms with van der Waals surface area (Å²) in [6.45, 7) is 6.17. The largest absolute Gasteiger partial charge is 0.370 e. The normalized spacial score (nSPS) is 13.8. The van der Waals surface area contributed by atoms with Gasteiger partial charge in [-0.1, -0.05) is 42.5 Å². The average Bonchev–Trinajstić information content (AvgIpc) is 3.49. The van der Waals surface area contributed by atoms with E-state index in [1.807, 2.05) is 59.3 Å². The summed E-state index contributed by atoms with van der Waals surface area (Å²) in [5.74, 6) is -0.149. The molecule has 3 heterocycles. The van der Waals surface area contributed by atoms with Crippen molar-refractivity contribution < 1.29 is 4.79 Å². The number of anilines is 2. The van der Waals surface area contributed by atoms with Crippen LogP contribution < -0.4 is 10.2 Å². The summed E-state index contributed by atoms with van der Waals surface area (Å²) in [4.78, 5) is 20.8. The van der Waals surface area contributed by atoms with Gasteiger partial charge in [-0.3, -0.25) is 4.79 Å². The second-order valence-corrected chi connectivity index (χ2v) is 8.51. The van der Waals surface area contributed by atoms with Gasteiger partial charge in [-0.2, -0.15) is 5.10 Å². The molecule has 1 aliphatic heterocycles. The highest BCUT2D eigenvalue weighted by atomic mass is 16.1. The van der Waals surface area contributed by atoms with Gasteiger partial charge in [0.15, 0.2) is 5.65 Å². The molecule has 1 fully saturated rings. The lowest BCUT2D eigenvalue weighted by molar-refractivity contribution is 0.102. The lowest BCUT2D eigenvalue weighted by Crippen LogP contribution is -2.21. The molecule has 0 atom stereocenters. The zero-order valence-corrected chi connectivity index (χ0v) is 18.5. The summed E-state index contributed by atoms with van der Waals surface area (Å²) >= 11 is 0. The summed E-state index contributed by atoms with van der Waals surface area (Å²) in [7, 11) is 0. The minimum Gasteiger partial charge on any atom is -0.370 e. The second-order valence-electron chi connectivity index (χ2n) is 8.51. The number of benzene rings is 2. The number of pyridine rings is 1. The Hall–Kier alpha value is -3.67. The molecule has 0 radical (unpaired) electrons. The third kappa shape index (κ3) is 3.73. The summed E-state index contributed by atoms with van der Waals surface area (Å²) in [5.41, 5.74) is 4.94. The van der Waals surface area contributed by atoms with Crippen molar-refractivity contribution in [3.05, 3.63) is 72.4 Å². The molecule has 0 saturated carbocycles. The third-order valence-electron chi connectivity index (χ3n) is 5.97. The van der Waals surface area contributed by atoms with Crippen LogP contribution in [-0.4, -0.2) is 33.8 Å². The maximum absolute atomic E-state index is 13.6. The number of carbonyl (C=O) groups is 1. The molecule has 5 rings (SSSR count). The number of nitrogens with one attached hydrogen (secondary N) is 1. The highest BCUT2D eigenvalue weighted by Crippen LogP contribution is 2.31. The number of rotatable bonds is 5. The van der Waals surface area contributed by atoms with E-state index in [-0.39, 0.29) is 11.9 Å². The molecule has 0 spiro atoms. The Morgan fingerprint density at radius 1 is 1.00 bits per heavy atom. The van der Waals surface area contributed by atoms with Crippen molar-refractivity contribution in [1.29, 1.82) is 0 Å². The van der Waals surface area contributed by atoms with Crippen LogP contribution >= 0.6 is 0 Å². The van der Waals surface area contributed by atoms with E-state index in [1.165, 1.54) is 12.8 Å². The molecule has 6 nitrogen and oxygen atoms in total. The molecule has 1 saturated heterocycles. The van der Waals surface area contributed by atoms with Crippen LogP contribution in [0.15, 0.2) is 66.9 Å². The van der Waals surface area contributed by atoms with Gasteiger partial charge in [0.05, 0.1) is 34.2 Å². The van der Waals surface area contributed by atoms with E-state index >= 15 is 0 Å². The van der Waals surface area contributed by atoms with Crippen LogP contribution in [0.3, 0.4) is 0 Å². The Bertz CT molecular complexity index is 1260. The fourth-order valence-corrected chi connectivity index (χ4v) is 4.34.